The van der Waals surface area contributed by atoms with Crippen molar-refractivity contribution in [3.05, 3.63) is 83.6 Å². The topological polar surface area (TPSA) is 141 Å². The summed E-state index contributed by atoms with van der Waals surface area (Å²) in [5.41, 5.74) is 3.62. The zero-order chi connectivity index (χ0) is 40.9. The molecule has 0 bridgehead atoms. The Labute approximate surface area is 334 Å². The lowest BCUT2D eigenvalue weighted by molar-refractivity contribution is -0.140. The van der Waals surface area contributed by atoms with Gasteiger partial charge in [-0.1, -0.05) is 20.4 Å². The van der Waals surface area contributed by atoms with Gasteiger partial charge in [-0.05, 0) is 80.0 Å². The van der Waals surface area contributed by atoms with Gasteiger partial charge >= 0.3 is 6.18 Å². The number of nitrogens with one attached hydrogen (secondary N) is 2. The normalized spacial score (nSPS) is 19.8. The molecule has 58 heavy (non-hydrogen) atoms. The van der Waals surface area contributed by atoms with Gasteiger partial charge in [-0.2, -0.15) is 13.2 Å². The summed E-state index contributed by atoms with van der Waals surface area (Å²) >= 11 is 0. The lowest BCUT2D eigenvalue weighted by atomic mass is 9.90. The van der Waals surface area contributed by atoms with Crippen molar-refractivity contribution in [3.8, 4) is 11.3 Å². The lowest BCUT2D eigenvalue weighted by Gasteiger charge is -2.45. The van der Waals surface area contributed by atoms with Gasteiger partial charge in [0.2, 0.25) is 5.91 Å². The molecule has 3 aliphatic heterocycles. The number of aromatic nitrogens is 4. The van der Waals surface area contributed by atoms with Crippen LogP contribution < -0.4 is 20.4 Å². The number of amides is 2. The molecule has 13 nitrogen and oxygen atoms in total. The fourth-order valence-electron chi connectivity index (χ4n) is 9.05. The van der Waals surface area contributed by atoms with Crippen molar-refractivity contribution in [2.75, 3.05) is 59.8 Å². The number of benzene rings is 1. The summed E-state index contributed by atoms with van der Waals surface area (Å²) in [5.74, 6) is -1.11. The first-order valence-electron chi connectivity index (χ1n) is 19.7. The summed E-state index contributed by atoms with van der Waals surface area (Å²) in [6, 6.07) is 8.99. The first-order chi connectivity index (χ1) is 27.7. The van der Waals surface area contributed by atoms with Crippen LogP contribution in [0.4, 0.5) is 41.9 Å². The summed E-state index contributed by atoms with van der Waals surface area (Å²) in [6.07, 6.45) is 2.41. The number of pyridine rings is 1. The van der Waals surface area contributed by atoms with E-state index in [2.05, 4.69) is 67.3 Å². The Morgan fingerprint density at radius 2 is 1.88 bits per heavy atom. The highest BCUT2D eigenvalue weighted by molar-refractivity contribution is 6.06. The van der Waals surface area contributed by atoms with Crippen molar-refractivity contribution in [1.82, 2.24) is 24.4 Å². The Hall–Kier alpha value is -5.32. The maximum Gasteiger partial charge on any atom is 0.437 e. The van der Waals surface area contributed by atoms with E-state index < -0.39 is 30.2 Å². The number of alkyl halides is 3. The third-order valence-electron chi connectivity index (χ3n) is 11.8. The van der Waals surface area contributed by atoms with Crippen LogP contribution in [-0.4, -0.2) is 92.8 Å². The molecule has 1 aromatic carbocycles. The number of carbonyl (C=O) groups is 2. The molecule has 306 valence electrons. The Bertz CT molecular complexity index is 2250. The minimum atomic E-state index is -4.87. The minimum Gasteiger partial charge on any atom is -0.392 e. The van der Waals surface area contributed by atoms with Gasteiger partial charge in [0.25, 0.3) is 5.91 Å². The molecule has 1 aliphatic carbocycles. The maximum atomic E-state index is 14.5. The van der Waals surface area contributed by atoms with Crippen molar-refractivity contribution in [2.45, 2.75) is 77.9 Å². The number of anilines is 5. The summed E-state index contributed by atoms with van der Waals surface area (Å²) < 4.78 is 51.1. The quantitative estimate of drug-likeness (QED) is 0.168. The van der Waals surface area contributed by atoms with Crippen LogP contribution in [-0.2, 0) is 41.7 Å². The molecule has 3 N–H and O–H groups in total. The molecule has 6 heterocycles. The van der Waals surface area contributed by atoms with Gasteiger partial charge in [0.1, 0.15) is 11.5 Å². The average molecular weight is 800 g/mol. The standard InChI is InChI=1S/C42H48F3N9O4/c1-5-36(56)49-31-19-27(6-7-33(31)52-13-12-51(23-25(52)2)28-9-16-58-17-10-28)48-38-37(42(43,44)45)47-22-32(50-38)29-8-11-46-39(30(29)24-55)54-15-14-53-34(40(54)57)18-26-20-41(3,4)21-35(26)53/h5-8,11,18-19,22,25,28,55H,1,9-10,12-17,20-21,23-24H2,2-4H3,(H,48,50)(H,49,56)/t25-/m0/s1. The number of piperazine rings is 1. The lowest BCUT2D eigenvalue weighted by Crippen LogP contribution is -2.56. The van der Waals surface area contributed by atoms with Crippen LogP contribution in [0.15, 0.2) is 55.4 Å². The van der Waals surface area contributed by atoms with Crippen molar-refractivity contribution >= 4 is 40.5 Å². The fraction of sp³-hybridized carbons (Fsp3) is 0.452. The van der Waals surface area contributed by atoms with E-state index in [0.29, 0.717) is 37.1 Å². The Morgan fingerprint density at radius 3 is 2.60 bits per heavy atom. The molecule has 1 atom stereocenters. The highest BCUT2D eigenvalue weighted by Gasteiger charge is 2.39. The number of rotatable bonds is 9. The molecule has 8 rings (SSSR count). The molecule has 2 amide bonds. The number of halogens is 3. The summed E-state index contributed by atoms with van der Waals surface area (Å²) in [7, 11) is 0. The second-order valence-corrected chi connectivity index (χ2v) is 16.3. The number of fused-ring (bicyclic) bond motifs is 3. The van der Waals surface area contributed by atoms with Crippen LogP contribution in [0.3, 0.4) is 0 Å². The Kier molecular flexibility index (Phi) is 10.5. The van der Waals surface area contributed by atoms with Crippen molar-refractivity contribution in [3.63, 3.8) is 0 Å². The third kappa shape index (κ3) is 7.55. The number of carbonyl (C=O) groups excluding carboxylic acids is 2. The average Bonchev–Trinajstić information content (AvgIpc) is 3.69. The number of ether oxygens (including phenoxy) is 1. The first kappa shape index (κ1) is 39.5. The van der Waals surface area contributed by atoms with Gasteiger partial charge in [-0.3, -0.25) is 19.4 Å². The molecular formula is C42H48F3N9O4. The van der Waals surface area contributed by atoms with Gasteiger partial charge in [0.05, 0.1) is 29.9 Å². The van der Waals surface area contributed by atoms with Gasteiger partial charge in [-0.25, -0.2) is 15.0 Å². The largest absolute Gasteiger partial charge is 0.437 e. The first-order valence-corrected chi connectivity index (χ1v) is 19.7. The highest BCUT2D eigenvalue weighted by atomic mass is 19.4. The van der Waals surface area contributed by atoms with Crippen LogP contribution in [0.1, 0.15) is 66.6 Å². The molecule has 0 saturated carbocycles. The highest BCUT2D eigenvalue weighted by Crippen LogP contribution is 2.41. The van der Waals surface area contributed by atoms with Gasteiger partial charge in [0, 0.05) is 86.7 Å². The summed E-state index contributed by atoms with van der Waals surface area (Å²) in [6.45, 7) is 14.2. The molecule has 0 unspecified atom stereocenters. The van der Waals surface area contributed by atoms with E-state index in [1.807, 2.05) is 6.07 Å². The van der Waals surface area contributed by atoms with E-state index in [1.54, 1.807) is 18.2 Å². The molecule has 2 fully saturated rings. The van der Waals surface area contributed by atoms with Crippen molar-refractivity contribution < 1.29 is 32.6 Å². The molecule has 4 aromatic rings. The van der Waals surface area contributed by atoms with Crippen LogP contribution in [0.2, 0.25) is 0 Å². The Morgan fingerprint density at radius 1 is 1.09 bits per heavy atom. The number of hydrogen-bond donors (Lipinski definition) is 3. The fourth-order valence-corrected chi connectivity index (χ4v) is 9.05. The monoisotopic (exact) mass is 799 g/mol. The van der Waals surface area contributed by atoms with Crippen LogP contribution in [0.5, 0.6) is 0 Å². The minimum absolute atomic E-state index is 0.0327. The predicted octanol–water partition coefficient (Wildman–Crippen LogP) is 6.19. The van der Waals surface area contributed by atoms with Crippen molar-refractivity contribution in [2.24, 2.45) is 5.41 Å². The smallest absolute Gasteiger partial charge is 0.392 e. The zero-order valence-corrected chi connectivity index (χ0v) is 32.9. The molecule has 0 spiro atoms. The van der Waals surface area contributed by atoms with Crippen molar-refractivity contribution in [1.29, 1.82) is 0 Å². The van der Waals surface area contributed by atoms with Crippen LogP contribution in [0.25, 0.3) is 11.3 Å². The predicted molar refractivity (Wildman–Crippen MR) is 214 cm³/mol. The number of aliphatic hydroxyl groups excluding tert-OH is 1. The van der Waals surface area contributed by atoms with Gasteiger partial charge < -0.3 is 29.9 Å². The summed E-state index contributed by atoms with van der Waals surface area (Å²) in [4.78, 5) is 45.5. The SMILES string of the molecule is C=CC(=O)Nc1cc(Nc2nc(-c3ccnc(N4CCn5c(cc6c5CC(C)(C)C6)C4=O)c3CO)cnc2C(F)(F)F)ccc1N1CCN(C2CCOCC2)C[C@@H]1C. The van der Waals surface area contributed by atoms with Crippen LogP contribution in [0, 0.1) is 5.41 Å². The number of nitrogens with zero attached hydrogens (tertiary/aromatic N) is 7. The molecule has 4 aliphatic rings. The second-order valence-electron chi connectivity index (χ2n) is 16.3. The Balaban J connectivity index is 1.09. The summed E-state index contributed by atoms with van der Waals surface area (Å²) in [5, 5.41) is 16.3. The van der Waals surface area contributed by atoms with E-state index in [0.717, 1.165) is 75.5 Å². The van der Waals surface area contributed by atoms with E-state index >= 15 is 0 Å². The van der Waals surface area contributed by atoms with E-state index in [9.17, 15) is 27.9 Å². The molecule has 16 heteroatoms. The third-order valence-corrected chi connectivity index (χ3v) is 11.8. The van der Waals surface area contributed by atoms with E-state index in [-0.39, 0.29) is 45.7 Å². The zero-order valence-electron chi connectivity index (χ0n) is 32.9. The molecule has 0 radical (unpaired) electrons. The number of hydrogen-bond acceptors (Lipinski definition) is 10. The van der Waals surface area contributed by atoms with Gasteiger partial charge in [0.15, 0.2) is 11.5 Å². The number of aliphatic hydroxyl groups is 1. The van der Waals surface area contributed by atoms with Gasteiger partial charge in [-0.15, -0.1) is 0 Å². The second kappa shape index (κ2) is 15.5. The van der Waals surface area contributed by atoms with E-state index in [1.165, 1.54) is 22.9 Å². The maximum absolute atomic E-state index is 14.5. The molecule has 3 aromatic heterocycles. The van der Waals surface area contributed by atoms with Crippen LogP contribution >= 0.6 is 0 Å². The molecule has 2 saturated heterocycles. The van der Waals surface area contributed by atoms with E-state index in [4.69, 9.17) is 4.74 Å². The molecular weight excluding hydrogens is 752 g/mol.